The van der Waals surface area contributed by atoms with Gasteiger partial charge in [0.15, 0.2) is 0 Å². The molecule has 0 aliphatic rings. The zero-order valence-corrected chi connectivity index (χ0v) is 23.0. The van der Waals surface area contributed by atoms with Crippen molar-refractivity contribution in [2.24, 2.45) is 0 Å². The van der Waals surface area contributed by atoms with E-state index in [1.807, 2.05) is 65.1 Å². The number of carbonyl (C=O) groups excluding carboxylic acids is 1. The average Bonchev–Trinajstić information content (AvgIpc) is 2.89. The fraction of sp³-hybridized carbons (Fsp3) is 0.0714. The van der Waals surface area contributed by atoms with E-state index in [1.54, 1.807) is 12.1 Å². The second kappa shape index (κ2) is 11.9. The highest BCUT2D eigenvalue weighted by Gasteiger charge is 2.25. The molecule has 1 amide bonds. The quantitative estimate of drug-likeness (QED) is 0.191. The standard InChI is InChI=1S/C28H21F2IN2O5S/c29-20-10-13-26(23(30)14-20)39(37,38)33-24-12-11-21(31)15-22(24)28(36)32-25(16-27(34)35)19-8-6-18(7-9-19)17-4-2-1-3-5-17/h1-15,25,33H,16H2,(H,32,36)(H,34,35). The lowest BCUT2D eigenvalue weighted by Crippen LogP contribution is -2.31. The van der Waals surface area contributed by atoms with E-state index in [4.69, 9.17) is 0 Å². The summed E-state index contributed by atoms with van der Waals surface area (Å²) in [5, 5.41) is 12.1. The Labute approximate surface area is 237 Å². The van der Waals surface area contributed by atoms with E-state index < -0.39 is 50.9 Å². The first kappa shape index (κ1) is 28.2. The van der Waals surface area contributed by atoms with Gasteiger partial charge in [-0.1, -0.05) is 54.6 Å². The number of aliphatic carboxylic acids is 1. The Morgan fingerprint density at radius 2 is 1.54 bits per heavy atom. The minimum atomic E-state index is -4.53. The molecule has 1 unspecified atom stereocenters. The minimum Gasteiger partial charge on any atom is -0.481 e. The molecule has 39 heavy (non-hydrogen) atoms. The maximum absolute atomic E-state index is 14.2. The maximum atomic E-state index is 14.2. The molecule has 0 saturated heterocycles. The Hall–Kier alpha value is -3.84. The molecule has 0 bridgehead atoms. The predicted octanol–water partition coefficient (Wildman–Crippen LogP) is 5.98. The molecule has 0 radical (unpaired) electrons. The molecule has 11 heteroatoms. The summed E-state index contributed by atoms with van der Waals surface area (Å²) in [7, 11) is -4.53. The first-order valence-electron chi connectivity index (χ1n) is 11.5. The van der Waals surface area contributed by atoms with Crippen LogP contribution < -0.4 is 10.0 Å². The number of hydrogen-bond donors (Lipinski definition) is 3. The van der Waals surface area contributed by atoms with E-state index in [0.29, 0.717) is 15.2 Å². The summed E-state index contributed by atoms with van der Waals surface area (Å²) < 4.78 is 55.9. The number of carboxylic acids is 1. The fourth-order valence-electron chi connectivity index (χ4n) is 3.89. The summed E-state index contributed by atoms with van der Waals surface area (Å²) >= 11 is 1.93. The molecular weight excluding hydrogens is 641 g/mol. The first-order valence-corrected chi connectivity index (χ1v) is 14.0. The third-order valence-electron chi connectivity index (χ3n) is 5.76. The number of rotatable bonds is 9. The van der Waals surface area contributed by atoms with Crippen molar-refractivity contribution in [3.05, 3.63) is 117 Å². The van der Waals surface area contributed by atoms with Gasteiger partial charge in [0.25, 0.3) is 15.9 Å². The number of nitrogens with one attached hydrogen (secondary N) is 2. The summed E-state index contributed by atoms with van der Waals surface area (Å²) in [6.45, 7) is 0. The van der Waals surface area contributed by atoms with Crippen molar-refractivity contribution in [2.75, 3.05) is 4.72 Å². The number of carboxylic acid groups (broad SMARTS) is 1. The van der Waals surface area contributed by atoms with Crippen LogP contribution in [-0.4, -0.2) is 25.4 Å². The largest absolute Gasteiger partial charge is 0.481 e. The minimum absolute atomic E-state index is 0.107. The second-order valence-electron chi connectivity index (χ2n) is 8.48. The van der Waals surface area contributed by atoms with Gasteiger partial charge >= 0.3 is 5.97 Å². The lowest BCUT2D eigenvalue weighted by atomic mass is 9.98. The molecular formula is C28H21F2IN2O5S. The van der Waals surface area contributed by atoms with E-state index in [1.165, 1.54) is 18.2 Å². The molecule has 0 saturated carbocycles. The number of sulfonamides is 1. The van der Waals surface area contributed by atoms with Crippen molar-refractivity contribution in [2.45, 2.75) is 17.4 Å². The highest BCUT2D eigenvalue weighted by molar-refractivity contribution is 14.1. The monoisotopic (exact) mass is 662 g/mol. The van der Waals surface area contributed by atoms with Gasteiger partial charge in [-0.25, -0.2) is 17.2 Å². The summed E-state index contributed by atoms with van der Waals surface area (Å²) in [5.74, 6) is -4.13. The van der Waals surface area contributed by atoms with Gasteiger partial charge in [-0.05, 0) is 69.6 Å². The van der Waals surface area contributed by atoms with Gasteiger partial charge in [0, 0.05) is 9.64 Å². The lowest BCUT2D eigenvalue weighted by molar-refractivity contribution is -0.137. The van der Waals surface area contributed by atoms with Crippen LogP contribution in [0.2, 0.25) is 0 Å². The van der Waals surface area contributed by atoms with Crippen LogP contribution in [0.25, 0.3) is 11.1 Å². The van der Waals surface area contributed by atoms with E-state index in [9.17, 15) is 31.9 Å². The Kier molecular flexibility index (Phi) is 8.60. The molecule has 0 aliphatic heterocycles. The molecule has 3 N–H and O–H groups in total. The van der Waals surface area contributed by atoms with Gasteiger partial charge < -0.3 is 10.4 Å². The van der Waals surface area contributed by atoms with Crippen molar-refractivity contribution in [1.82, 2.24) is 5.32 Å². The van der Waals surface area contributed by atoms with Crippen LogP contribution in [0.5, 0.6) is 0 Å². The maximum Gasteiger partial charge on any atom is 0.305 e. The van der Waals surface area contributed by atoms with Gasteiger partial charge in [0.2, 0.25) is 0 Å². The summed E-state index contributed by atoms with van der Waals surface area (Å²) in [4.78, 5) is 24.1. The van der Waals surface area contributed by atoms with Crippen molar-refractivity contribution in [1.29, 1.82) is 0 Å². The predicted molar refractivity (Wildman–Crippen MR) is 151 cm³/mol. The Bertz CT molecular complexity index is 1630. The summed E-state index contributed by atoms with van der Waals surface area (Å²) in [5.41, 5.74) is 2.14. The molecule has 1 atom stereocenters. The van der Waals surface area contributed by atoms with Crippen molar-refractivity contribution >= 4 is 50.2 Å². The molecule has 0 aromatic heterocycles. The SMILES string of the molecule is O=C(O)CC(NC(=O)c1cc(I)ccc1NS(=O)(=O)c1ccc(F)cc1F)c1ccc(-c2ccccc2)cc1. The van der Waals surface area contributed by atoms with Crippen molar-refractivity contribution in [3.8, 4) is 11.1 Å². The topological polar surface area (TPSA) is 113 Å². The molecule has 4 aromatic carbocycles. The number of amides is 1. The van der Waals surface area contributed by atoms with Crippen LogP contribution >= 0.6 is 22.6 Å². The molecule has 0 aliphatic carbocycles. The smallest absolute Gasteiger partial charge is 0.305 e. The third kappa shape index (κ3) is 6.98. The Morgan fingerprint density at radius 3 is 2.18 bits per heavy atom. The molecule has 4 rings (SSSR count). The number of benzene rings is 4. The average molecular weight is 662 g/mol. The van der Waals surface area contributed by atoms with E-state index >= 15 is 0 Å². The highest BCUT2D eigenvalue weighted by atomic mass is 127. The molecule has 4 aromatic rings. The Morgan fingerprint density at radius 1 is 0.872 bits per heavy atom. The molecule has 200 valence electrons. The molecule has 0 heterocycles. The van der Waals surface area contributed by atoms with Crippen molar-refractivity contribution < 1.29 is 31.9 Å². The number of hydrogen-bond acceptors (Lipinski definition) is 4. The van der Waals surface area contributed by atoms with Crippen LogP contribution in [0, 0.1) is 15.2 Å². The highest BCUT2D eigenvalue weighted by Crippen LogP contribution is 2.27. The number of halogens is 3. The van der Waals surface area contributed by atoms with Gasteiger partial charge in [-0.2, -0.15) is 0 Å². The second-order valence-corrected chi connectivity index (χ2v) is 11.4. The first-order chi connectivity index (χ1) is 18.5. The third-order valence-corrected chi connectivity index (χ3v) is 7.83. The van der Waals surface area contributed by atoms with E-state index in [-0.39, 0.29) is 11.3 Å². The summed E-state index contributed by atoms with van der Waals surface area (Å²) in [6.07, 6.45) is -0.428. The van der Waals surface area contributed by atoms with Gasteiger partial charge in [0.05, 0.1) is 23.7 Å². The van der Waals surface area contributed by atoms with Crippen LogP contribution in [0.4, 0.5) is 14.5 Å². The summed E-state index contributed by atoms with van der Waals surface area (Å²) in [6, 6.07) is 22.0. The van der Waals surface area contributed by atoms with Crippen LogP contribution in [0.3, 0.4) is 0 Å². The zero-order valence-electron chi connectivity index (χ0n) is 20.1. The Balaban J connectivity index is 1.62. The molecule has 0 spiro atoms. The van der Waals surface area contributed by atoms with Gasteiger partial charge in [0.1, 0.15) is 16.5 Å². The normalized spacial score (nSPS) is 12.0. The fourth-order valence-corrected chi connectivity index (χ4v) is 5.52. The van der Waals surface area contributed by atoms with Crippen molar-refractivity contribution in [3.63, 3.8) is 0 Å². The number of carbonyl (C=O) groups is 2. The van der Waals surface area contributed by atoms with Gasteiger partial charge in [-0.3, -0.25) is 14.3 Å². The molecule has 7 nitrogen and oxygen atoms in total. The van der Waals surface area contributed by atoms with E-state index in [0.717, 1.165) is 23.3 Å². The van der Waals surface area contributed by atoms with Gasteiger partial charge in [-0.15, -0.1) is 0 Å². The lowest BCUT2D eigenvalue weighted by Gasteiger charge is -2.20. The molecule has 0 fully saturated rings. The van der Waals surface area contributed by atoms with Crippen LogP contribution in [-0.2, 0) is 14.8 Å². The van der Waals surface area contributed by atoms with Crippen LogP contribution in [0.1, 0.15) is 28.4 Å². The zero-order chi connectivity index (χ0) is 28.2. The van der Waals surface area contributed by atoms with Crippen LogP contribution in [0.15, 0.2) is 95.9 Å². The number of anilines is 1. The van der Waals surface area contributed by atoms with E-state index in [2.05, 4.69) is 10.0 Å².